The summed E-state index contributed by atoms with van der Waals surface area (Å²) in [5, 5.41) is 5.65. The molecule has 94 valence electrons. The third-order valence-electron chi connectivity index (χ3n) is 3.01. The maximum absolute atomic E-state index is 12.3. The molecule has 0 fully saturated rings. The van der Waals surface area contributed by atoms with Gasteiger partial charge in [-0.25, -0.2) is 9.67 Å². The molecular formula is C14H12N4O. The van der Waals surface area contributed by atoms with Crippen LogP contribution in [0.3, 0.4) is 0 Å². The van der Waals surface area contributed by atoms with Crippen LogP contribution in [0.15, 0.2) is 53.6 Å². The molecule has 2 aromatic heterocycles. The summed E-state index contributed by atoms with van der Waals surface area (Å²) in [6, 6.07) is 11.0. The number of hydrogen-bond acceptors (Lipinski definition) is 4. The molecule has 0 aliphatic carbocycles. The summed E-state index contributed by atoms with van der Waals surface area (Å²) < 4.78 is 1.40. The van der Waals surface area contributed by atoms with Crippen molar-refractivity contribution in [2.24, 2.45) is 0 Å². The number of nitrogen functional groups attached to an aromatic ring is 1. The topological polar surface area (TPSA) is 73.8 Å². The molecule has 1 aromatic carbocycles. The van der Waals surface area contributed by atoms with Crippen LogP contribution in [-0.4, -0.2) is 14.8 Å². The van der Waals surface area contributed by atoms with Crippen molar-refractivity contribution < 1.29 is 0 Å². The van der Waals surface area contributed by atoms with Gasteiger partial charge in [-0.1, -0.05) is 24.3 Å². The molecule has 3 rings (SSSR count). The first kappa shape index (κ1) is 11.4. The Bertz CT molecular complexity index is 795. The van der Waals surface area contributed by atoms with Gasteiger partial charge in [-0.2, -0.15) is 5.10 Å². The van der Waals surface area contributed by atoms with Crippen LogP contribution in [0.1, 0.15) is 5.56 Å². The second kappa shape index (κ2) is 4.53. The zero-order chi connectivity index (χ0) is 13.2. The highest BCUT2D eigenvalue weighted by Crippen LogP contribution is 2.10. The Morgan fingerprint density at radius 2 is 2.00 bits per heavy atom. The summed E-state index contributed by atoms with van der Waals surface area (Å²) >= 11 is 0. The van der Waals surface area contributed by atoms with Crippen LogP contribution in [0.4, 0.5) is 5.82 Å². The maximum Gasteiger partial charge on any atom is 0.274 e. The Morgan fingerprint density at radius 3 is 2.84 bits per heavy atom. The Hall–Kier alpha value is -2.69. The molecule has 0 atom stereocenters. The zero-order valence-electron chi connectivity index (χ0n) is 10.2. The van der Waals surface area contributed by atoms with Crippen molar-refractivity contribution in [3.8, 4) is 0 Å². The van der Waals surface area contributed by atoms with E-state index in [9.17, 15) is 4.79 Å². The third kappa shape index (κ3) is 2.06. The van der Waals surface area contributed by atoms with Crippen molar-refractivity contribution in [3.05, 3.63) is 64.7 Å². The third-order valence-corrected chi connectivity index (χ3v) is 3.01. The Kier molecular flexibility index (Phi) is 2.72. The largest absolute Gasteiger partial charge is 0.383 e. The van der Waals surface area contributed by atoms with E-state index in [1.807, 2.05) is 24.3 Å². The minimum absolute atomic E-state index is 0.124. The van der Waals surface area contributed by atoms with Gasteiger partial charge in [0.25, 0.3) is 5.56 Å². The zero-order valence-corrected chi connectivity index (χ0v) is 10.2. The number of hydrogen-bond donors (Lipinski definition) is 1. The number of aromatic nitrogens is 3. The molecule has 0 spiro atoms. The summed E-state index contributed by atoms with van der Waals surface area (Å²) in [6.45, 7) is 0.323. The first-order valence-electron chi connectivity index (χ1n) is 5.90. The normalized spacial score (nSPS) is 10.7. The van der Waals surface area contributed by atoms with E-state index in [1.54, 1.807) is 24.5 Å². The molecule has 0 bridgehead atoms. The van der Waals surface area contributed by atoms with Gasteiger partial charge in [-0.3, -0.25) is 4.79 Å². The van der Waals surface area contributed by atoms with Gasteiger partial charge in [0.05, 0.1) is 18.1 Å². The summed E-state index contributed by atoms with van der Waals surface area (Å²) in [7, 11) is 0. The van der Waals surface area contributed by atoms with Gasteiger partial charge >= 0.3 is 0 Å². The fraction of sp³-hybridized carbons (Fsp3) is 0.0714. The lowest BCUT2D eigenvalue weighted by atomic mass is 10.2. The lowest BCUT2D eigenvalue weighted by molar-refractivity contribution is 0.647. The Balaban J connectivity index is 2.10. The Labute approximate surface area is 109 Å². The molecule has 19 heavy (non-hydrogen) atoms. The van der Waals surface area contributed by atoms with E-state index in [0.29, 0.717) is 17.7 Å². The van der Waals surface area contributed by atoms with Gasteiger partial charge in [0.15, 0.2) is 0 Å². The quantitative estimate of drug-likeness (QED) is 0.748. The van der Waals surface area contributed by atoms with Crippen LogP contribution in [0.25, 0.3) is 10.8 Å². The van der Waals surface area contributed by atoms with Crippen molar-refractivity contribution >= 4 is 16.6 Å². The van der Waals surface area contributed by atoms with Gasteiger partial charge < -0.3 is 5.73 Å². The van der Waals surface area contributed by atoms with E-state index in [2.05, 4.69) is 10.1 Å². The van der Waals surface area contributed by atoms with Gasteiger partial charge in [0, 0.05) is 17.1 Å². The van der Waals surface area contributed by atoms with Gasteiger partial charge in [-0.05, 0) is 12.1 Å². The minimum atomic E-state index is -0.124. The second-order valence-corrected chi connectivity index (χ2v) is 4.24. The second-order valence-electron chi connectivity index (χ2n) is 4.24. The molecule has 3 aromatic rings. The summed E-state index contributed by atoms with van der Waals surface area (Å²) in [5.41, 5.74) is 6.44. The van der Waals surface area contributed by atoms with Crippen molar-refractivity contribution in [2.45, 2.75) is 6.54 Å². The summed E-state index contributed by atoms with van der Waals surface area (Å²) in [4.78, 5) is 16.3. The van der Waals surface area contributed by atoms with Crippen LogP contribution in [-0.2, 0) is 6.54 Å². The molecule has 0 amide bonds. The number of rotatable bonds is 2. The monoisotopic (exact) mass is 252 g/mol. The molecule has 2 heterocycles. The molecule has 0 saturated heterocycles. The van der Waals surface area contributed by atoms with E-state index < -0.39 is 0 Å². The first-order valence-corrected chi connectivity index (χ1v) is 5.90. The lowest BCUT2D eigenvalue weighted by Crippen LogP contribution is -2.23. The van der Waals surface area contributed by atoms with E-state index in [1.165, 1.54) is 4.68 Å². The smallest absolute Gasteiger partial charge is 0.274 e. The van der Waals surface area contributed by atoms with Gasteiger partial charge in [-0.15, -0.1) is 0 Å². The average Bonchev–Trinajstić information content (AvgIpc) is 2.44. The van der Waals surface area contributed by atoms with E-state index in [-0.39, 0.29) is 5.56 Å². The van der Waals surface area contributed by atoms with Crippen LogP contribution in [0, 0.1) is 0 Å². The van der Waals surface area contributed by atoms with Crippen LogP contribution in [0.5, 0.6) is 0 Å². The van der Waals surface area contributed by atoms with Crippen molar-refractivity contribution in [3.63, 3.8) is 0 Å². The lowest BCUT2D eigenvalue weighted by Gasteiger charge is -2.07. The van der Waals surface area contributed by atoms with E-state index >= 15 is 0 Å². The van der Waals surface area contributed by atoms with Crippen LogP contribution < -0.4 is 11.3 Å². The number of pyridine rings is 1. The van der Waals surface area contributed by atoms with Gasteiger partial charge in [0.2, 0.25) is 0 Å². The number of fused-ring (bicyclic) bond motifs is 1. The average molecular weight is 252 g/mol. The number of nitrogens with zero attached hydrogens (tertiary/aromatic N) is 3. The standard InChI is InChI=1S/C14H12N4O/c15-13-11(5-3-7-16-13)9-18-14(19)12-6-2-1-4-10(12)8-17-18/h1-8H,9H2,(H2,15,16). The molecule has 2 N–H and O–H groups in total. The van der Waals surface area contributed by atoms with Crippen LogP contribution in [0.2, 0.25) is 0 Å². The van der Waals surface area contributed by atoms with Crippen molar-refractivity contribution in [1.29, 1.82) is 0 Å². The molecule has 0 radical (unpaired) electrons. The highest BCUT2D eigenvalue weighted by molar-refractivity contribution is 5.80. The molecular weight excluding hydrogens is 240 g/mol. The first-order chi connectivity index (χ1) is 9.25. The number of nitrogens with two attached hydrogens (primary N) is 1. The highest BCUT2D eigenvalue weighted by atomic mass is 16.1. The predicted molar refractivity (Wildman–Crippen MR) is 73.8 cm³/mol. The molecule has 0 aliphatic rings. The van der Waals surface area contributed by atoms with Crippen LogP contribution >= 0.6 is 0 Å². The summed E-state index contributed by atoms with van der Waals surface area (Å²) in [5.74, 6) is 0.421. The molecule has 0 unspecified atom stereocenters. The fourth-order valence-electron chi connectivity index (χ4n) is 1.99. The SMILES string of the molecule is Nc1ncccc1Cn1ncc2ccccc2c1=O. The predicted octanol–water partition coefficient (Wildman–Crippen LogP) is 1.42. The summed E-state index contributed by atoms with van der Waals surface area (Å²) in [6.07, 6.45) is 3.30. The highest BCUT2D eigenvalue weighted by Gasteiger charge is 2.06. The van der Waals surface area contributed by atoms with E-state index in [0.717, 1.165) is 10.9 Å². The Morgan fingerprint density at radius 1 is 1.16 bits per heavy atom. The maximum atomic E-state index is 12.3. The fourth-order valence-corrected chi connectivity index (χ4v) is 1.99. The number of benzene rings is 1. The van der Waals surface area contributed by atoms with Crippen molar-refractivity contribution in [2.75, 3.05) is 5.73 Å². The molecule has 0 aliphatic heterocycles. The van der Waals surface area contributed by atoms with Crippen molar-refractivity contribution in [1.82, 2.24) is 14.8 Å². The molecule has 0 saturated carbocycles. The van der Waals surface area contributed by atoms with E-state index in [4.69, 9.17) is 5.73 Å². The molecule has 5 nitrogen and oxygen atoms in total. The number of anilines is 1. The minimum Gasteiger partial charge on any atom is -0.383 e. The van der Waals surface area contributed by atoms with Gasteiger partial charge in [0.1, 0.15) is 5.82 Å². The molecule has 5 heteroatoms.